The number of nitrogens with two attached hydrogens (primary N) is 1. The maximum absolute atomic E-state index is 5.73. The molecule has 0 saturated carbocycles. The SMILES string of the molecule is NCCc1cc(Br)c2c(c1)CCCCO2. The van der Waals surface area contributed by atoms with E-state index in [1.165, 1.54) is 17.5 Å². The zero-order chi connectivity index (χ0) is 10.7. The van der Waals surface area contributed by atoms with E-state index in [2.05, 4.69) is 28.1 Å². The number of fused-ring (bicyclic) bond motifs is 1. The minimum Gasteiger partial charge on any atom is -0.492 e. The topological polar surface area (TPSA) is 35.2 Å². The van der Waals surface area contributed by atoms with E-state index in [4.69, 9.17) is 10.5 Å². The molecule has 82 valence electrons. The molecule has 0 spiro atoms. The third-order valence-electron chi connectivity index (χ3n) is 2.70. The van der Waals surface area contributed by atoms with E-state index >= 15 is 0 Å². The molecule has 0 atom stereocenters. The Balaban J connectivity index is 2.35. The van der Waals surface area contributed by atoms with Crippen LogP contribution in [0.2, 0.25) is 0 Å². The Morgan fingerprint density at radius 1 is 1.33 bits per heavy atom. The Labute approximate surface area is 98.9 Å². The molecule has 0 fully saturated rings. The van der Waals surface area contributed by atoms with E-state index in [-0.39, 0.29) is 0 Å². The number of aryl methyl sites for hydroxylation is 1. The molecule has 2 nitrogen and oxygen atoms in total. The van der Waals surface area contributed by atoms with Gasteiger partial charge in [-0.15, -0.1) is 0 Å². The normalized spacial score (nSPS) is 15.3. The van der Waals surface area contributed by atoms with Crippen LogP contribution in [0.15, 0.2) is 16.6 Å². The molecule has 15 heavy (non-hydrogen) atoms. The second-order valence-electron chi connectivity index (χ2n) is 3.91. The van der Waals surface area contributed by atoms with Gasteiger partial charge in [-0.3, -0.25) is 0 Å². The molecule has 3 heteroatoms. The van der Waals surface area contributed by atoms with Crippen molar-refractivity contribution in [2.75, 3.05) is 13.2 Å². The van der Waals surface area contributed by atoms with Gasteiger partial charge in [-0.1, -0.05) is 6.07 Å². The molecule has 0 unspecified atom stereocenters. The van der Waals surface area contributed by atoms with Crippen LogP contribution in [0.4, 0.5) is 0 Å². The summed E-state index contributed by atoms with van der Waals surface area (Å²) in [5, 5.41) is 0. The van der Waals surface area contributed by atoms with Gasteiger partial charge in [-0.2, -0.15) is 0 Å². The molecule has 1 heterocycles. The van der Waals surface area contributed by atoms with Gasteiger partial charge >= 0.3 is 0 Å². The molecule has 0 radical (unpaired) electrons. The highest BCUT2D eigenvalue weighted by atomic mass is 79.9. The van der Waals surface area contributed by atoms with Crippen LogP contribution in [-0.4, -0.2) is 13.2 Å². The lowest BCUT2D eigenvalue weighted by Crippen LogP contribution is -2.04. The Kier molecular flexibility index (Phi) is 3.65. The maximum atomic E-state index is 5.73. The zero-order valence-electron chi connectivity index (χ0n) is 8.76. The van der Waals surface area contributed by atoms with E-state index in [9.17, 15) is 0 Å². The Morgan fingerprint density at radius 3 is 3.00 bits per heavy atom. The van der Waals surface area contributed by atoms with Crippen LogP contribution in [0.1, 0.15) is 24.0 Å². The lowest BCUT2D eigenvalue weighted by Gasteiger charge is -2.11. The van der Waals surface area contributed by atoms with E-state index in [0.717, 1.165) is 36.1 Å². The molecule has 0 aromatic heterocycles. The van der Waals surface area contributed by atoms with E-state index in [1.807, 2.05) is 0 Å². The quantitative estimate of drug-likeness (QED) is 0.896. The Hall–Kier alpha value is -0.540. The minimum atomic E-state index is 0.700. The third kappa shape index (κ3) is 2.52. The summed E-state index contributed by atoms with van der Waals surface area (Å²) in [4.78, 5) is 0. The van der Waals surface area contributed by atoms with Gasteiger partial charge in [-0.05, 0) is 65.4 Å². The van der Waals surface area contributed by atoms with Gasteiger partial charge in [0.1, 0.15) is 5.75 Å². The number of halogens is 1. The van der Waals surface area contributed by atoms with Gasteiger partial charge in [0.25, 0.3) is 0 Å². The van der Waals surface area contributed by atoms with Gasteiger partial charge in [0, 0.05) is 0 Å². The van der Waals surface area contributed by atoms with Crippen LogP contribution in [0.3, 0.4) is 0 Å². The first-order valence-corrected chi connectivity index (χ1v) is 6.24. The van der Waals surface area contributed by atoms with Crippen LogP contribution in [0.25, 0.3) is 0 Å². The standard InChI is InChI=1S/C12H16BrNO/c13-11-8-9(4-5-14)7-10-3-1-2-6-15-12(10)11/h7-8H,1-6,14H2. The predicted molar refractivity (Wildman–Crippen MR) is 65.3 cm³/mol. The molecular formula is C12H16BrNO. The van der Waals surface area contributed by atoms with Crippen molar-refractivity contribution >= 4 is 15.9 Å². The van der Waals surface area contributed by atoms with Crippen molar-refractivity contribution in [1.29, 1.82) is 0 Å². The Bertz CT molecular complexity index is 352. The summed E-state index contributed by atoms with van der Waals surface area (Å²) >= 11 is 3.57. The zero-order valence-corrected chi connectivity index (χ0v) is 10.3. The largest absolute Gasteiger partial charge is 0.492 e. The summed E-state index contributed by atoms with van der Waals surface area (Å²) in [6.45, 7) is 1.54. The smallest absolute Gasteiger partial charge is 0.136 e. The summed E-state index contributed by atoms with van der Waals surface area (Å²) in [7, 11) is 0. The molecule has 1 aromatic carbocycles. The molecule has 0 amide bonds. The number of hydrogen-bond donors (Lipinski definition) is 1. The van der Waals surface area contributed by atoms with Gasteiger partial charge in [0.05, 0.1) is 11.1 Å². The molecule has 2 rings (SSSR count). The predicted octanol–water partition coefficient (Wildman–Crippen LogP) is 2.67. The molecule has 1 aromatic rings. The molecular weight excluding hydrogens is 254 g/mol. The second kappa shape index (κ2) is 4.99. The summed E-state index contributed by atoms with van der Waals surface area (Å²) in [5.74, 6) is 1.04. The first-order chi connectivity index (χ1) is 7.31. The van der Waals surface area contributed by atoms with Crippen LogP contribution in [0, 0.1) is 0 Å². The second-order valence-corrected chi connectivity index (χ2v) is 4.76. The third-order valence-corrected chi connectivity index (χ3v) is 3.29. The van der Waals surface area contributed by atoms with Crippen LogP contribution >= 0.6 is 15.9 Å². The van der Waals surface area contributed by atoms with Crippen molar-refractivity contribution < 1.29 is 4.74 Å². The van der Waals surface area contributed by atoms with Crippen molar-refractivity contribution in [2.24, 2.45) is 5.73 Å². The fraction of sp³-hybridized carbons (Fsp3) is 0.500. The lowest BCUT2D eigenvalue weighted by molar-refractivity contribution is 0.315. The van der Waals surface area contributed by atoms with E-state index in [0.29, 0.717) is 6.54 Å². The van der Waals surface area contributed by atoms with Crippen LogP contribution in [0.5, 0.6) is 5.75 Å². The van der Waals surface area contributed by atoms with Crippen molar-refractivity contribution in [2.45, 2.75) is 25.7 Å². The van der Waals surface area contributed by atoms with Crippen molar-refractivity contribution in [3.05, 3.63) is 27.7 Å². The Morgan fingerprint density at radius 2 is 2.20 bits per heavy atom. The number of benzene rings is 1. The maximum Gasteiger partial charge on any atom is 0.136 e. The number of rotatable bonds is 2. The molecule has 1 aliphatic rings. The summed E-state index contributed by atoms with van der Waals surface area (Å²) in [6, 6.07) is 4.36. The van der Waals surface area contributed by atoms with Crippen molar-refractivity contribution in [3.8, 4) is 5.75 Å². The number of hydrogen-bond acceptors (Lipinski definition) is 2. The molecule has 0 bridgehead atoms. The van der Waals surface area contributed by atoms with Crippen molar-refractivity contribution in [1.82, 2.24) is 0 Å². The number of ether oxygens (including phenoxy) is 1. The average Bonchev–Trinajstić information content (AvgIpc) is 2.43. The highest BCUT2D eigenvalue weighted by Crippen LogP contribution is 2.33. The summed E-state index contributed by atoms with van der Waals surface area (Å²) < 4.78 is 6.81. The first-order valence-electron chi connectivity index (χ1n) is 5.45. The fourth-order valence-electron chi connectivity index (χ4n) is 1.96. The lowest BCUT2D eigenvalue weighted by atomic mass is 10.0. The first kappa shape index (κ1) is 11.0. The molecule has 0 aliphatic carbocycles. The summed E-state index contributed by atoms with van der Waals surface area (Å²) in [6.07, 6.45) is 4.41. The molecule has 1 aliphatic heterocycles. The van der Waals surface area contributed by atoms with Gasteiger partial charge in [-0.25, -0.2) is 0 Å². The fourth-order valence-corrected chi connectivity index (χ4v) is 2.63. The highest BCUT2D eigenvalue weighted by molar-refractivity contribution is 9.10. The van der Waals surface area contributed by atoms with Crippen molar-refractivity contribution in [3.63, 3.8) is 0 Å². The molecule has 2 N–H and O–H groups in total. The minimum absolute atomic E-state index is 0.700. The average molecular weight is 270 g/mol. The monoisotopic (exact) mass is 269 g/mol. The van der Waals surface area contributed by atoms with Crippen LogP contribution < -0.4 is 10.5 Å². The van der Waals surface area contributed by atoms with Gasteiger partial charge in [0.15, 0.2) is 0 Å². The van der Waals surface area contributed by atoms with Gasteiger partial charge in [0.2, 0.25) is 0 Å². The van der Waals surface area contributed by atoms with E-state index < -0.39 is 0 Å². The van der Waals surface area contributed by atoms with E-state index in [1.54, 1.807) is 0 Å². The van der Waals surface area contributed by atoms with Gasteiger partial charge < -0.3 is 10.5 Å². The highest BCUT2D eigenvalue weighted by Gasteiger charge is 2.13. The summed E-state index contributed by atoms with van der Waals surface area (Å²) in [5.41, 5.74) is 8.20. The molecule has 0 saturated heterocycles. The van der Waals surface area contributed by atoms with Crippen LogP contribution in [-0.2, 0) is 12.8 Å².